The molecule has 1 atom stereocenters. The van der Waals surface area contributed by atoms with Crippen LogP contribution in [0.3, 0.4) is 0 Å². The number of ether oxygens (including phenoxy) is 3. The van der Waals surface area contributed by atoms with E-state index in [1.165, 1.54) is 173 Å². The van der Waals surface area contributed by atoms with Crippen LogP contribution in [0, 0.1) is 0 Å². The van der Waals surface area contributed by atoms with Crippen LogP contribution in [-0.4, -0.2) is 37.2 Å². The molecule has 0 bridgehead atoms. The maximum absolute atomic E-state index is 12.9. The second-order valence-electron chi connectivity index (χ2n) is 22.7. The summed E-state index contributed by atoms with van der Waals surface area (Å²) in [6.07, 6.45) is 91.4. The highest BCUT2D eigenvalue weighted by molar-refractivity contribution is 5.71. The van der Waals surface area contributed by atoms with Crippen molar-refractivity contribution in [1.29, 1.82) is 0 Å². The van der Waals surface area contributed by atoms with Gasteiger partial charge in [0, 0.05) is 19.3 Å². The molecule has 0 heterocycles. The Hall–Kier alpha value is -3.67. The van der Waals surface area contributed by atoms with Gasteiger partial charge in [-0.2, -0.15) is 0 Å². The lowest BCUT2D eigenvalue weighted by molar-refractivity contribution is -0.167. The summed E-state index contributed by atoms with van der Waals surface area (Å²) in [4.78, 5) is 38.4. The van der Waals surface area contributed by atoms with Crippen LogP contribution in [0.2, 0.25) is 0 Å². The van der Waals surface area contributed by atoms with Gasteiger partial charge in [-0.1, -0.05) is 311 Å². The molecule has 1 unspecified atom stereocenters. The van der Waals surface area contributed by atoms with Crippen molar-refractivity contribution >= 4 is 17.9 Å². The van der Waals surface area contributed by atoms with Crippen molar-refractivity contribution in [3.8, 4) is 0 Å². The first-order valence-corrected chi connectivity index (χ1v) is 34.2. The molecule has 0 rings (SSSR count). The fourth-order valence-corrected chi connectivity index (χ4v) is 9.71. The second-order valence-corrected chi connectivity index (χ2v) is 22.7. The molecule has 0 fully saturated rings. The van der Waals surface area contributed by atoms with Gasteiger partial charge in [0.15, 0.2) is 6.10 Å². The smallest absolute Gasteiger partial charge is 0.306 e. The van der Waals surface area contributed by atoms with Gasteiger partial charge in [0.25, 0.3) is 0 Å². The van der Waals surface area contributed by atoms with Gasteiger partial charge in [0.1, 0.15) is 13.2 Å². The summed E-state index contributed by atoms with van der Waals surface area (Å²) in [5.74, 6) is -0.888. The summed E-state index contributed by atoms with van der Waals surface area (Å²) in [6.45, 7) is 6.54. The van der Waals surface area contributed by atoms with Gasteiger partial charge in [0.2, 0.25) is 0 Å². The standard InChI is InChI=1S/C74H128O6/c1-4-7-10-13-16-19-22-25-27-29-31-33-35-36-37-38-40-41-43-45-47-49-52-55-58-61-64-67-73(76)79-70-71(69-78-72(75)66-63-60-57-54-51-24-21-18-15-12-9-6-3)80-74(77)68-65-62-59-56-53-50-48-46-44-42-39-34-32-30-28-26-23-20-17-14-11-8-5-2/h7,10,16,19,25,27,30-33,36-37,40-41,45,47,71H,4-6,8-9,11-15,17-18,20-24,26,28-29,34-35,38-39,42-44,46,48-70H2,1-3H3/b10-7-,19-16-,27-25-,32-30-,33-31-,37-36-,41-40-,47-45-. The van der Waals surface area contributed by atoms with Crippen LogP contribution in [-0.2, 0) is 28.6 Å². The predicted octanol–water partition coefficient (Wildman–Crippen LogP) is 23.6. The van der Waals surface area contributed by atoms with Crippen LogP contribution in [0.1, 0.15) is 335 Å². The first kappa shape index (κ1) is 76.3. The molecule has 460 valence electrons. The van der Waals surface area contributed by atoms with Gasteiger partial charge in [-0.3, -0.25) is 14.4 Å². The van der Waals surface area contributed by atoms with Gasteiger partial charge in [-0.15, -0.1) is 0 Å². The third kappa shape index (κ3) is 65.1. The second kappa shape index (κ2) is 67.8. The van der Waals surface area contributed by atoms with Gasteiger partial charge >= 0.3 is 17.9 Å². The molecular weight excluding hydrogens is 985 g/mol. The summed E-state index contributed by atoms with van der Waals surface area (Å²) in [5.41, 5.74) is 0. The molecule has 0 saturated heterocycles. The Morgan fingerprint density at radius 2 is 0.487 bits per heavy atom. The zero-order valence-corrected chi connectivity index (χ0v) is 52.8. The number of hydrogen-bond donors (Lipinski definition) is 0. The van der Waals surface area contributed by atoms with Crippen LogP contribution in [0.15, 0.2) is 97.2 Å². The van der Waals surface area contributed by atoms with E-state index < -0.39 is 6.10 Å². The van der Waals surface area contributed by atoms with E-state index in [-0.39, 0.29) is 31.1 Å². The molecular formula is C74H128O6. The van der Waals surface area contributed by atoms with Crippen LogP contribution in [0.4, 0.5) is 0 Å². The molecule has 0 aliphatic carbocycles. The SMILES string of the molecule is CC/C=C\C/C=C\C/C=C\C/C=C\C/C=C\C/C=C\C/C=C\CCCCCCCC(=O)OCC(COC(=O)CCCCCCCCCCCCCC)OC(=O)CCCCCCCCCCCCC/C=C\CCCCCCCCCC. The van der Waals surface area contributed by atoms with Gasteiger partial charge in [0.05, 0.1) is 0 Å². The average Bonchev–Trinajstić information content (AvgIpc) is 3.46. The molecule has 80 heavy (non-hydrogen) atoms. The highest BCUT2D eigenvalue weighted by atomic mass is 16.6. The molecule has 0 amide bonds. The molecule has 0 aromatic carbocycles. The van der Waals surface area contributed by atoms with Crippen LogP contribution >= 0.6 is 0 Å². The summed E-state index contributed by atoms with van der Waals surface area (Å²) in [5, 5.41) is 0. The molecule has 0 aliphatic rings. The van der Waals surface area contributed by atoms with E-state index >= 15 is 0 Å². The monoisotopic (exact) mass is 1110 g/mol. The summed E-state index contributed by atoms with van der Waals surface area (Å²) in [6, 6.07) is 0. The number of rotatable bonds is 62. The maximum atomic E-state index is 12.9. The minimum absolute atomic E-state index is 0.0810. The molecule has 0 radical (unpaired) electrons. The Morgan fingerprint density at radius 1 is 0.263 bits per heavy atom. The van der Waals surface area contributed by atoms with Crippen LogP contribution < -0.4 is 0 Å². The predicted molar refractivity (Wildman–Crippen MR) is 348 cm³/mol. The molecule has 0 aromatic rings. The number of allylic oxidation sites excluding steroid dienone is 16. The first-order valence-electron chi connectivity index (χ1n) is 34.2. The Morgan fingerprint density at radius 3 is 0.775 bits per heavy atom. The summed E-state index contributed by atoms with van der Waals surface area (Å²) >= 11 is 0. The maximum Gasteiger partial charge on any atom is 0.306 e. The Labute approximate surface area is 496 Å². The Bertz CT molecular complexity index is 1560. The van der Waals surface area contributed by atoms with Crippen molar-refractivity contribution in [3.05, 3.63) is 97.2 Å². The number of carbonyl (C=O) groups is 3. The highest BCUT2D eigenvalue weighted by Gasteiger charge is 2.19. The number of unbranched alkanes of at least 4 members (excludes halogenated alkanes) is 35. The third-order valence-electron chi connectivity index (χ3n) is 14.8. The summed E-state index contributed by atoms with van der Waals surface area (Å²) in [7, 11) is 0. The Kier molecular flexibility index (Phi) is 64.7. The van der Waals surface area contributed by atoms with E-state index in [0.717, 1.165) is 122 Å². The lowest BCUT2D eigenvalue weighted by Gasteiger charge is -2.18. The fraction of sp³-hybridized carbons (Fsp3) is 0.743. The van der Waals surface area contributed by atoms with Crippen LogP contribution in [0.25, 0.3) is 0 Å². The molecule has 6 nitrogen and oxygen atoms in total. The van der Waals surface area contributed by atoms with Gasteiger partial charge < -0.3 is 14.2 Å². The lowest BCUT2D eigenvalue weighted by atomic mass is 10.0. The molecule has 0 aliphatic heterocycles. The fourth-order valence-electron chi connectivity index (χ4n) is 9.71. The van der Waals surface area contributed by atoms with Crippen molar-refractivity contribution in [2.45, 2.75) is 341 Å². The van der Waals surface area contributed by atoms with Gasteiger partial charge in [-0.25, -0.2) is 0 Å². The molecule has 0 spiro atoms. The number of esters is 3. The van der Waals surface area contributed by atoms with Crippen molar-refractivity contribution in [3.63, 3.8) is 0 Å². The highest BCUT2D eigenvalue weighted by Crippen LogP contribution is 2.17. The molecule has 0 saturated carbocycles. The van der Waals surface area contributed by atoms with Gasteiger partial charge in [-0.05, 0) is 103 Å². The van der Waals surface area contributed by atoms with E-state index in [0.29, 0.717) is 19.3 Å². The molecule has 0 N–H and O–H groups in total. The van der Waals surface area contributed by atoms with E-state index in [4.69, 9.17) is 14.2 Å². The van der Waals surface area contributed by atoms with E-state index in [1.807, 2.05) is 0 Å². The van der Waals surface area contributed by atoms with Crippen LogP contribution in [0.5, 0.6) is 0 Å². The minimum Gasteiger partial charge on any atom is -0.462 e. The van der Waals surface area contributed by atoms with Crippen molar-refractivity contribution < 1.29 is 28.6 Å². The zero-order valence-electron chi connectivity index (χ0n) is 52.8. The largest absolute Gasteiger partial charge is 0.462 e. The quantitative estimate of drug-likeness (QED) is 0.0261. The van der Waals surface area contributed by atoms with E-state index in [2.05, 4.69) is 118 Å². The van der Waals surface area contributed by atoms with Crippen molar-refractivity contribution in [1.82, 2.24) is 0 Å². The van der Waals surface area contributed by atoms with Crippen molar-refractivity contribution in [2.75, 3.05) is 13.2 Å². The topological polar surface area (TPSA) is 78.9 Å². The van der Waals surface area contributed by atoms with E-state index in [9.17, 15) is 14.4 Å². The number of hydrogen-bond acceptors (Lipinski definition) is 6. The Balaban J connectivity index is 4.33. The van der Waals surface area contributed by atoms with E-state index in [1.54, 1.807) is 0 Å². The molecule has 0 aromatic heterocycles. The first-order chi connectivity index (χ1) is 39.5. The normalized spacial score (nSPS) is 12.7. The average molecular weight is 1110 g/mol. The summed E-state index contributed by atoms with van der Waals surface area (Å²) < 4.78 is 16.9. The minimum atomic E-state index is -0.786. The zero-order chi connectivity index (χ0) is 57.8. The number of carbonyl (C=O) groups excluding carboxylic acids is 3. The third-order valence-corrected chi connectivity index (χ3v) is 14.8. The lowest BCUT2D eigenvalue weighted by Crippen LogP contribution is -2.30. The van der Waals surface area contributed by atoms with Crippen molar-refractivity contribution in [2.24, 2.45) is 0 Å². The molecule has 6 heteroatoms.